The highest BCUT2D eigenvalue weighted by molar-refractivity contribution is 5.64. The molecule has 3 nitrogen and oxygen atoms in total. The fraction of sp³-hybridized carbons (Fsp3) is 0.333. The molecule has 1 aromatic carbocycles. The number of rotatable bonds is 3. The number of halogens is 3. The van der Waals surface area contributed by atoms with E-state index in [9.17, 15) is 13.2 Å². The highest BCUT2D eigenvalue weighted by Gasteiger charge is 2.27. The SMILES string of the molecule is CCN(CC)c1c(F)c(F)c(C#N)c(F)c1C#N. The van der Waals surface area contributed by atoms with E-state index < -0.39 is 34.3 Å². The zero-order valence-electron chi connectivity index (χ0n) is 9.89. The Bertz CT molecular complexity index is 551. The van der Waals surface area contributed by atoms with E-state index in [2.05, 4.69) is 0 Å². The van der Waals surface area contributed by atoms with Crippen LogP contribution in [0.5, 0.6) is 0 Å². The normalized spacial score (nSPS) is 9.72. The zero-order chi connectivity index (χ0) is 13.9. The standard InChI is InChI=1S/C12H10F3N3/c1-3-18(4-2)12-8(6-17)9(13)7(5-16)10(14)11(12)15/h3-4H2,1-2H3. The Morgan fingerprint density at radius 3 is 1.78 bits per heavy atom. The quantitative estimate of drug-likeness (QED) is 0.778. The molecule has 0 aliphatic rings. The van der Waals surface area contributed by atoms with Crippen molar-refractivity contribution in [3.63, 3.8) is 0 Å². The van der Waals surface area contributed by atoms with E-state index in [1.54, 1.807) is 13.8 Å². The van der Waals surface area contributed by atoms with E-state index in [0.717, 1.165) is 0 Å². The first-order chi connectivity index (χ1) is 8.53. The summed E-state index contributed by atoms with van der Waals surface area (Å²) in [7, 11) is 0. The first-order valence-electron chi connectivity index (χ1n) is 5.28. The first-order valence-corrected chi connectivity index (χ1v) is 5.28. The Hall–Kier alpha value is -2.21. The van der Waals surface area contributed by atoms with Gasteiger partial charge in [0.1, 0.15) is 23.3 Å². The Morgan fingerprint density at radius 2 is 1.39 bits per heavy atom. The molecular weight excluding hydrogens is 243 g/mol. The van der Waals surface area contributed by atoms with Crippen LogP contribution in [0.4, 0.5) is 18.9 Å². The van der Waals surface area contributed by atoms with Crippen LogP contribution in [0.15, 0.2) is 0 Å². The van der Waals surface area contributed by atoms with Crippen LogP contribution in [0.2, 0.25) is 0 Å². The van der Waals surface area contributed by atoms with Gasteiger partial charge in [0, 0.05) is 13.1 Å². The second-order valence-corrected chi connectivity index (χ2v) is 3.44. The molecule has 0 bridgehead atoms. The van der Waals surface area contributed by atoms with Crippen LogP contribution < -0.4 is 4.90 Å². The fourth-order valence-electron chi connectivity index (χ4n) is 1.69. The molecule has 0 saturated heterocycles. The molecule has 1 rings (SSSR count). The summed E-state index contributed by atoms with van der Waals surface area (Å²) in [6, 6.07) is 2.70. The summed E-state index contributed by atoms with van der Waals surface area (Å²) in [4.78, 5) is 1.32. The lowest BCUT2D eigenvalue weighted by Crippen LogP contribution is -2.25. The second-order valence-electron chi connectivity index (χ2n) is 3.44. The van der Waals surface area contributed by atoms with Crippen LogP contribution in [0.25, 0.3) is 0 Å². The smallest absolute Gasteiger partial charge is 0.185 e. The van der Waals surface area contributed by atoms with Crippen molar-refractivity contribution in [1.29, 1.82) is 10.5 Å². The van der Waals surface area contributed by atoms with Crippen molar-refractivity contribution in [1.82, 2.24) is 0 Å². The summed E-state index contributed by atoms with van der Waals surface area (Å²) >= 11 is 0. The maximum atomic E-state index is 13.8. The van der Waals surface area contributed by atoms with Crippen LogP contribution in [0, 0.1) is 40.1 Å². The third-order valence-corrected chi connectivity index (χ3v) is 2.60. The molecule has 0 fully saturated rings. The predicted octanol–water partition coefficient (Wildman–Crippen LogP) is 2.69. The maximum Gasteiger partial charge on any atom is 0.185 e. The zero-order valence-corrected chi connectivity index (χ0v) is 9.89. The number of nitrogens with zero attached hydrogens (tertiary/aromatic N) is 3. The fourth-order valence-corrected chi connectivity index (χ4v) is 1.69. The number of hydrogen-bond acceptors (Lipinski definition) is 3. The molecule has 0 saturated carbocycles. The molecule has 0 aliphatic heterocycles. The summed E-state index contributed by atoms with van der Waals surface area (Å²) in [6.45, 7) is 3.90. The van der Waals surface area contributed by atoms with Gasteiger partial charge in [-0.15, -0.1) is 0 Å². The third-order valence-electron chi connectivity index (χ3n) is 2.60. The molecule has 18 heavy (non-hydrogen) atoms. The molecule has 0 unspecified atom stereocenters. The van der Waals surface area contributed by atoms with E-state index in [-0.39, 0.29) is 13.1 Å². The highest BCUT2D eigenvalue weighted by Crippen LogP contribution is 2.31. The van der Waals surface area contributed by atoms with Gasteiger partial charge in [-0.25, -0.2) is 13.2 Å². The molecule has 0 aromatic heterocycles. The summed E-state index contributed by atoms with van der Waals surface area (Å²) in [5.74, 6) is -4.25. The van der Waals surface area contributed by atoms with E-state index in [1.165, 1.54) is 17.0 Å². The Labute approximate surface area is 103 Å². The van der Waals surface area contributed by atoms with Crippen molar-refractivity contribution < 1.29 is 13.2 Å². The van der Waals surface area contributed by atoms with Gasteiger partial charge in [0.05, 0.1) is 5.69 Å². The van der Waals surface area contributed by atoms with Crippen molar-refractivity contribution in [3.8, 4) is 12.1 Å². The van der Waals surface area contributed by atoms with Crippen LogP contribution in [0.3, 0.4) is 0 Å². The first kappa shape index (κ1) is 13.9. The summed E-state index contributed by atoms with van der Waals surface area (Å²) in [5, 5.41) is 17.4. The molecule has 94 valence electrons. The van der Waals surface area contributed by atoms with Crippen LogP contribution >= 0.6 is 0 Å². The molecule has 0 N–H and O–H groups in total. The van der Waals surface area contributed by atoms with Crippen LogP contribution in [-0.2, 0) is 0 Å². The molecule has 0 aliphatic carbocycles. The van der Waals surface area contributed by atoms with Gasteiger partial charge in [-0.3, -0.25) is 0 Å². The van der Waals surface area contributed by atoms with Gasteiger partial charge in [0.15, 0.2) is 17.5 Å². The molecule has 0 radical (unpaired) electrons. The minimum absolute atomic E-state index is 0.285. The minimum Gasteiger partial charge on any atom is -0.368 e. The molecule has 0 spiro atoms. The van der Waals surface area contributed by atoms with Gasteiger partial charge < -0.3 is 4.90 Å². The van der Waals surface area contributed by atoms with Crippen molar-refractivity contribution in [2.24, 2.45) is 0 Å². The van der Waals surface area contributed by atoms with E-state index >= 15 is 0 Å². The van der Waals surface area contributed by atoms with E-state index in [4.69, 9.17) is 10.5 Å². The lowest BCUT2D eigenvalue weighted by molar-refractivity contribution is 0.488. The highest BCUT2D eigenvalue weighted by atomic mass is 19.2. The Balaban J connectivity index is 3.74. The third kappa shape index (κ3) is 1.98. The summed E-state index contributed by atoms with van der Waals surface area (Å²) < 4.78 is 41.0. The molecule has 1 aromatic rings. The van der Waals surface area contributed by atoms with Gasteiger partial charge >= 0.3 is 0 Å². The average Bonchev–Trinajstić information content (AvgIpc) is 2.37. The van der Waals surface area contributed by atoms with Gasteiger partial charge in [-0.05, 0) is 13.8 Å². The number of hydrogen-bond donors (Lipinski definition) is 0. The van der Waals surface area contributed by atoms with Crippen molar-refractivity contribution in [2.45, 2.75) is 13.8 Å². The molecule has 0 amide bonds. The monoisotopic (exact) mass is 253 g/mol. The van der Waals surface area contributed by atoms with Crippen molar-refractivity contribution in [3.05, 3.63) is 28.6 Å². The van der Waals surface area contributed by atoms with Crippen molar-refractivity contribution >= 4 is 5.69 Å². The topological polar surface area (TPSA) is 50.8 Å². The number of benzene rings is 1. The largest absolute Gasteiger partial charge is 0.368 e. The Kier molecular flexibility index (Phi) is 4.17. The van der Waals surface area contributed by atoms with E-state index in [0.29, 0.717) is 0 Å². The van der Waals surface area contributed by atoms with Gasteiger partial charge in [0.2, 0.25) is 0 Å². The number of nitriles is 2. The molecule has 6 heteroatoms. The minimum atomic E-state index is -1.56. The predicted molar refractivity (Wildman–Crippen MR) is 59.3 cm³/mol. The molecule has 0 heterocycles. The Morgan fingerprint density at radius 1 is 0.889 bits per heavy atom. The lowest BCUT2D eigenvalue weighted by atomic mass is 10.1. The summed E-state index contributed by atoms with van der Waals surface area (Å²) in [5.41, 5.74) is -2.15. The lowest BCUT2D eigenvalue weighted by Gasteiger charge is -2.23. The molecule has 0 atom stereocenters. The van der Waals surface area contributed by atoms with Crippen LogP contribution in [0.1, 0.15) is 25.0 Å². The number of anilines is 1. The van der Waals surface area contributed by atoms with Gasteiger partial charge in [-0.2, -0.15) is 10.5 Å². The average molecular weight is 253 g/mol. The summed E-state index contributed by atoms with van der Waals surface area (Å²) in [6.07, 6.45) is 0. The van der Waals surface area contributed by atoms with Crippen LogP contribution in [-0.4, -0.2) is 13.1 Å². The second kappa shape index (κ2) is 5.42. The van der Waals surface area contributed by atoms with Gasteiger partial charge in [0.25, 0.3) is 0 Å². The maximum absolute atomic E-state index is 13.8. The van der Waals surface area contributed by atoms with Crippen molar-refractivity contribution in [2.75, 3.05) is 18.0 Å². The molecular formula is C12H10F3N3. The van der Waals surface area contributed by atoms with Gasteiger partial charge in [-0.1, -0.05) is 0 Å². The van der Waals surface area contributed by atoms with E-state index in [1.807, 2.05) is 0 Å².